The summed E-state index contributed by atoms with van der Waals surface area (Å²) in [4.78, 5) is 39.1. The summed E-state index contributed by atoms with van der Waals surface area (Å²) in [5.74, 6) is -0.969. The number of para-hydroxylation sites is 1. The van der Waals surface area contributed by atoms with E-state index in [9.17, 15) is 14.4 Å². The fourth-order valence-corrected chi connectivity index (χ4v) is 2.06. The lowest BCUT2D eigenvalue weighted by atomic mass is 10.1. The molecule has 130 valence electrons. The molecule has 0 aliphatic carbocycles. The number of aromatic nitrogens is 1. The number of pyridine rings is 1. The second-order valence-electron chi connectivity index (χ2n) is 5.90. The Morgan fingerprint density at radius 2 is 1.92 bits per heavy atom. The first-order valence-electron chi connectivity index (χ1n) is 7.24. The van der Waals surface area contributed by atoms with Crippen LogP contribution in [-0.4, -0.2) is 35.4 Å². The van der Waals surface area contributed by atoms with E-state index in [1.165, 1.54) is 6.20 Å². The molecule has 0 fully saturated rings. The molecule has 0 aliphatic rings. The Hall–Kier alpha value is -2.38. The number of nitrogens with two attached hydrogens (primary N) is 1. The number of hydrogen-bond donors (Lipinski definition) is 4. The number of halogens is 1. The van der Waals surface area contributed by atoms with Crippen molar-refractivity contribution in [1.82, 2.24) is 15.6 Å². The smallest absolute Gasteiger partial charge is 0.257 e. The van der Waals surface area contributed by atoms with Crippen LogP contribution in [0.3, 0.4) is 0 Å². The monoisotopic (exact) mass is 352 g/mol. The van der Waals surface area contributed by atoms with Crippen LogP contribution in [0.2, 0.25) is 0 Å². The van der Waals surface area contributed by atoms with Gasteiger partial charge in [-0.2, -0.15) is 0 Å². The quantitative estimate of drug-likeness (QED) is 0.628. The summed E-state index contributed by atoms with van der Waals surface area (Å²) in [6.45, 7) is 3.60. The highest BCUT2D eigenvalue weighted by atomic mass is 35.5. The van der Waals surface area contributed by atoms with E-state index in [0.29, 0.717) is 10.9 Å². The Kier molecular flexibility index (Phi) is 6.51. The molecule has 1 aromatic heterocycles. The molecule has 8 heteroatoms. The Morgan fingerprint density at radius 1 is 1.25 bits per heavy atom. The summed E-state index contributed by atoms with van der Waals surface area (Å²) in [5, 5.41) is 5.56. The van der Waals surface area contributed by atoms with Gasteiger partial charge in [-0.05, 0) is 26.0 Å². The molecular formula is C16H21ClN4O3. The van der Waals surface area contributed by atoms with E-state index < -0.39 is 11.4 Å². The Bertz CT molecular complexity index is 801. The number of hydrogen-bond acceptors (Lipinski definition) is 4. The number of amides is 2. The second kappa shape index (κ2) is 7.94. The van der Waals surface area contributed by atoms with Gasteiger partial charge in [0.15, 0.2) is 0 Å². The number of H-pyrrole nitrogens is 1. The zero-order chi connectivity index (χ0) is 17.0. The van der Waals surface area contributed by atoms with Crippen molar-refractivity contribution in [2.75, 3.05) is 13.1 Å². The van der Waals surface area contributed by atoms with Crippen LogP contribution in [-0.2, 0) is 4.79 Å². The first kappa shape index (κ1) is 19.7. The van der Waals surface area contributed by atoms with Crippen LogP contribution in [0.25, 0.3) is 10.9 Å². The molecule has 2 aromatic rings. The number of fused-ring (bicyclic) bond motifs is 1. The summed E-state index contributed by atoms with van der Waals surface area (Å²) < 4.78 is 0. The molecule has 1 heterocycles. The SMILES string of the molecule is CC(C)(CN)NC(=O)CNC(=O)c1c[nH]c2ccccc2c1=O.Cl. The van der Waals surface area contributed by atoms with Crippen molar-refractivity contribution in [2.45, 2.75) is 19.4 Å². The minimum Gasteiger partial charge on any atom is -0.360 e. The van der Waals surface area contributed by atoms with E-state index >= 15 is 0 Å². The van der Waals surface area contributed by atoms with Crippen LogP contribution >= 0.6 is 12.4 Å². The number of carbonyl (C=O) groups is 2. The molecule has 0 bridgehead atoms. The number of carbonyl (C=O) groups excluding carboxylic acids is 2. The zero-order valence-corrected chi connectivity index (χ0v) is 14.3. The van der Waals surface area contributed by atoms with Gasteiger partial charge in [0.2, 0.25) is 11.3 Å². The van der Waals surface area contributed by atoms with Crippen LogP contribution in [0.15, 0.2) is 35.3 Å². The average molecular weight is 353 g/mol. The van der Waals surface area contributed by atoms with Gasteiger partial charge < -0.3 is 21.4 Å². The van der Waals surface area contributed by atoms with Gasteiger partial charge in [0, 0.05) is 29.2 Å². The van der Waals surface area contributed by atoms with Crippen LogP contribution in [0.5, 0.6) is 0 Å². The highest BCUT2D eigenvalue weighted by molar-refractivity contribution is 5.98. The molecule has 0 saturated carbocycles. The zero-order valence-electron chi connectivity index (χ0n) is 13.5. The van der Waals surface area contributed by atoms with Crippen molar-refractivity contribution >= 4 is 35.1 Å². The maximum Gasteiger partial charge on any atom is 0.257 e. The van der Waals surface area contributed by atoms with Crippen molar-refractivity contribution in [3.8, 4) is 0 Å². The summed E-state index contributed by atoms with van der Waals surface area (Å²) in [6.07, 6.45) is 1.35. The second-order valence-corrected chi connectivity index (χ2v) is 5.90. The third-order valence-corrected chi connectivity index (χ3v) is 3.43. The fraction of sp³-hybridized carbons (Fsp3) is 0.312. The van der Waals surface area contributed by atoms with Crippen LogP contribution < -0.4 is 21.8 Å². The highest BCUT2D eigenvalue weighted by Gasteiger charge is 2.19. The average Bonchev–Trinajstić information content (AvgIpc) is 2.53. The lowest BCUT2D eigenvalue weighted by Crippen LogP contribution is -2.51. The molecule has 1 aromatic carbocycles. The molecular weight excluding hydrogens is 332 g/mol. The fourth-order valence-electron chi connectivity index (χ4n) is 2.06. The molecule has 2 rings (SSSR count). The summed E-state index contributed by atoms with van der Waals surface area (Å²) in [5.41, 5.74) is 5.21. The predicted molar refractivity (Wildman–Crippen MR) is 95.4 cm³/mol. The first-order valence-corrected chi connectivity index (χ1v) is 7.24. The lowest BCUT2D eigenvalue weighted by molar-refractivity contribution is -0.121. The van der Waals surface area contributed by atoms with Gasteiger partial charge in [-0.3, -0.25) is 14.4 Å². The third kappa shape index (κ3) is 4.56. The Morgan fingerprint density at radius 3 is 2.58 bits per heavy atom. The van der Waals surface area contributed by atoms with Gasteiger partial charge in [-0.15, -0.1) is 12.4 Å². The molecule has 24 heavy (non-hydrogen) atoms. The highest BCUT2D eigenvalue weighted by Crippen LogP contribution is 2.06. The number of aromatic amines is 1. The molecule has 0 radical (unpaired) electrons. The molecule has 0 spiro atoms. The van der Waals surface area contributed by atoms with Crippen molar-refractivity contribution < 1.29 is 9.59 Å². The van der Waals surface area contributed by atoms with Gasteiger partial charge in [-0.1, -0.05) is 12.1 Å². The number of nitrogens with one attached hydrogen (secondary N) is 3. The minimum absolute atomic E-state index is 0. The van der Waals surface area contributed by atoms with Crippen LogP contribution in [0.1, 0.15) is 24.2 Å². The molecule has 0 atom stereocenters. The third-order valence-electron chi connectivity index (χ3n) is 3.43. The topological polar surface area (TPSA) is 117 Å². The lowest BCUT2D eigenvalue weighted by Gasteiger charge is -2.24. The molecule has 5 N–H and O–H groups in total. The minimum atomic E-state index is -0.599. The van der Waals surface area contributed by atoms with E-state index in [2.05, 4.69) is 15.6 Å². The van der Waals surface area contributed by atoms with E-state index in [4.69, 9.17) is 5.73 Å². The van der Waals surface area contributed by atoms with Crippen LogP contribution in [0.4, 0.5) is 0 Å². The molecule has 2 amide bonds. The Balaban J connectivity index is 0.00000288. The normalized spacial score (nSPS) is 10.8. The van der Waals surface area contributed by atoms with Gasteiger partial charge in [0.05, 0.1) is 6.54 Å². The maximum absolute atomic E-state index is 12.3. The first-order chi connectivity index (χ1) is 10.8. The van der Waals surface area contributed by atoms with E-state index in [0.717, 1.165) is 0 Å². The summed E-state index contributed by atoms with van der Waals surface area (Å²) in [6, 6.07) is 6.91. The van der Waals surface area contributed by atoms with Crippen molar-refractivity contribution in [3.05, 3.63) is 46.2 Å². The summed E-state index contributed by atoms with van der Waals surface area (Å²) in [7, 11) is 0. The molecule has 0 aliphatic heterocycles. The van der Waals surface area contributed by atoms with E-state index in [1.807, 2.05) is 0 Å². The van der Waals surface area contributed by atoms with Crippen LogP contribution in [0, 0.1) is 0 Å². The summed E-state index contributed by atoms with van der Waals surface area (Å²) >= 11 is 0. The van der Waals surface area contributed by atoms with E-state index in [-0.39, 0.29) is 42.4 Å². The standard InChI is InChI=1S/C16H20N4O3.ClH/c1-16(2,9-17)20-13(21)8-19-15(23)11-7-18-12-6-4-3-5-10(12)14(11)22;/h3-7H,8-9,17H2,1-2H3,(H,18,22)(H,19,23)(H,20,21);1H. The largest absolute Gasteiger partial charge is 0.360 e. The Labute approximate surface area is 145 Å². The van der Waals surface area contributed by atoms with Gasteiger partial charge >= 0.3 is 0 Å². The van der Waals surface area contributed by atoms with Crippen molar-refractivity contribution in [1.29, 1.82) is 0 Å². The molecule has 0 unspecified atom stereocenters. The van der Waals surface area contributed by atoms with Gasteiger partial charge in [-0.25, -0.2) is 0 Å². The van der Waals surface area contributed by atoms with Gasteiger partial charge in [0.1, 0.15) is 5.56 Å². The number of rotatable bonds is 5. The molecule has 0 saturated heterocycles. The maximum atomic E-state index is 12.3. The van der Waals surface area contributed by atoms with E-state index in [1.54, 1.807) is 38.1 Å². The number of benzene rings is 1. The van der Waals surface area contributed by atoms with Crippen molar-refractivity contribution in [2.24, 2.45) is 5.73 Å². The van der Waals surface area contributed by atoms with Crippen molar-refractivity contribution in [3.63, 3.8) is 0 Å². The molecule has 7 nitrogen and oxygen atoms in total. The predicted octanol–water partition coefficient (Wildman–Crippen LogP) is 0.533. The van der Waals surface area contributed by atoms with Gasteiger partial charge in [0.25, 0.3) is 5.91 Å².